The summed E-state index contributed by atoms with van der Waals surface area (Å²) in [6, 6.07) is 7.30. The molecule has 0 saturated carbocycles. The molecule has 0 amide bonds. The minimum Gasteiger partial charge on any atom is -0.394 e. The molecule has 0 bridgehead atoms. The molecular weight excluding hydrogens is 345 g/mol. The number of nitrogens with one attached hydrogen (secondary N) is 2. The molecule has 0 aliphatic rings. The van der Waals surface area contributed by atoms with Gasteiger partial charge in [0.05, 0.1) is 6.61 Å². The van der Waals surface area contributed by atoms with Gasteiger partial charge in [0.15, 0.2) is 5.69 Å². The second kappa shape index (κ2) is 7.67. The largest absolute Gasteiger partial charge is 0.433 e. The van der Waals surface area contributed by atoms with Gasteiger partial charge >= 0.3 is 6.18 Å². The second-order valence-electron chi connectivity index (χ2n) is 5.17. The first-order valence-electron chi connectivity index (χ1n) is 7.10. The molecule has 2 rings (SSSR count). The zero-order valence-electron chi connectivity index (χ0n) is 12.7. The molecule has 5 nitrogen and oxygen atoms in total. The number of nitrogens with zero attached hydrogens (tertiary/aromatic N) is 2. The van der Waals surface area contributed by atoms with Crippen LogP contribution in [0.5, 0.6) is 0 Å². The molecule has 2 aromatic rings. The van der Waals surface area contributed by atoms with Gasteiger partial charge in [-0.1, -0.05) is 23.7 Å². The SMILES string of the molecule is C[C@H](CO)Nc1nc(NCc2cccc(Cl)c2)cc(C(F)(F)F)n1. The first-order valence-corrected chi connectivity index (χ1v) is 7.47. The van der Waals surface area contributed by atoms with Crippen molar-refractivity contribution < 1.29 is 18.3 Å². The number of benzene rings is 1. The van der Waals surface area contributed by atoms with Crippen LogP contribution in [0, 0.1) is 0 Å². The molecule has 0 saturated heterocycles. The van der Waals surface area contributed by atoms with Crippen LogP contribution in [0.1, 0.15) is 18.2 Å². The maximum Gasteiger partial charge on any atom is 0.433 e. The lowest BCUT2D eigenvalue weighted by Crippen LogP contribution is -2.22. The van der Waals surface area contributed by atoms with Gasteiger partial charge in [0.25, 0.3) is 0 Å². The molecule has 0 aliphatic carbocycles. The Morgan fingerprint density at radius 2 is 2.00 bits per heavy atom. The summed E-state index contributed by atoms with van der Waals surface area (Å²) in [5.74, 6) is -0.190. The quantitative estimate of drug-likeness (QED) is 0.735. The third-order valence-corrected chi connectivity index (χ3v) is 3.26. The van der Waals surface area contributed by atoms with E-state index in [1.54, 1.807) is 31.2 Å². The van der Waals surface area contributed by atoms with E-state index < -0.39 is 17.9 Å². The molecule has 1 atom stereocenters. The number of halogens is 4. The van der Waals surface area contributed by atoms with E-state index in [-0.39, 0.29) is 24.9 Å². The monoisotopic (exact) mass is 360 g/mol. The molecular formula is C15H16ClF3N4O. The van der Waals surface area contributed by atoms with Gasteiger partial charge in [-0.25, -0.2) is 4.98 Å². The maximum absolute atomic E-state index is 13.0. The average Bonchev–Trinajstić information content (AvgIpc) is 2.52. The molecule has 1 aromatic carbocycles. The molecule has 0 aliphatic heterocycles. The first kappa shape index (κ1) is 18.3. The number of aromatic nitrogens is 2. The highest BCUT2D eigenvalue weighted by Gasteiger charge is 2.33. The van der Waals surface area contributed by atoms with Crippen molar-refractivity contribution in [2.45, 2.75) is 25.7 Å². The molecule has 24 heavy (non-hydrogen) atoms. The molecule has 9 heteroatoms. The van der Waals surface area contributed by atoms with Crippen LogP contribution in [0.4, 0.5) is 24.9 Å². The van der Waals surface area contributed by atoms with E-state index in [1.165, 1.54) is 0 Å². The van der Waals surface area contributed by atoms with Crippen LogP contribution >= 0.6 is 11.6 Å². The lowest BCUT2D eigenvalue weighted by molar-refractivity contribution is -0.141. The summed E-state index contributed by atoms with van der Waals surface area (Å²) in [4.78, 5) is 7.44. The van der Waals surface area contributed by atoms with E-state index in [0.29, 0.717) is 5.02 Å². The van der Waals surface area contributed by atoms with Gasteiger partial charge in [-0.3, -0.25) is 0 Å². The number of hydrogen-bond donors (Lipinski definition) is 3. The van der Waals surface area contributed by atoms with E-state index in [1.807, 2.05) is 0 Å². The third-order valence-electron chi connectivity index (χ3n) is 3.03. The normalized spacial score (nSPS) is 12.8. The van der Waals surface area contributed by atoms with Crippen molar-refractivity contribution in [3.05, 3.63) is 46.6 Å². The standard InChI is InChI=1S/C15H16ClF3N4O/c1-9(8-24)21-14-22-12(15(17,18)19)6-13(23-14)20-7-10-3-2-4-11(16)5-10/h2-6,9,24H,7-8H2,1H3,(H2,20,21,22,23)/t9-/m1/s1. The molecule has 1 aromatic heterocycles. The molecule has 130 valence electrons. The van der Waals surface area contributed by atoms with Gasteiger partial charge in [-0.2, -0.15) is 18.2 Å². The zero-order valence-corrected chi connectivity index (χ0v) is 13.5. The summed E-state index contributed by atoms with van der Waals surface area (Å²) in [6.07, 6.45) is -4.60. The van der Waals surface area contributed by atoms with Crippen molar-refractivity contribution in [2.75, 3.05) is 17.2 Å². The smallest absolute Gasteiger partial charge is 0.394 e. The molecule has 0 spiro atoms. The number of alkyl halides is 3. The van der Waals surface area contributed by atoms with Crippen LogP contribution in [-0.4, -0.2) is 27.7 Å². The van der Waals surface area contributed by atoms with Gasteiger partial charge in [0, 0.05) is 23.7 Å². The van der Waals surface area contributed by atoms with Crippen molar-refractivity contribution in [3.63, 3.8) is 0 Å². The summed E-state index contributed by atoms with van der Waals surface area (Å²) < 4.78 is 38.9. The summed E-state index contributed by atoms with van der Waals surface area (Å²) in [5, 5.41) is 15.0. The summed E-state index contributed by atoms with van der Waals surface area (Å²) in [5.41, 5.74) is -0.272. The minimum absolute atomic E-state index is 0.0185. The molecule has 3 N–H and O–H groups in total. The summed E-state index contributed by atoms with van der Waals surface area (Å²) in [6.45, 7) is 1.59. The Morgan fingerprint density at radius 3 is 2.62 bits per heavy atom. The number of anilines is 2. The highest BCUT2D eigenvalue weighted by atomic mass is 35.5. The molecule has 0 fully saturated rings. The van der Waals surface area contributed by atoms with Crippen LogP contribution in [0.25, 0.3) is 0 Å². The zero-order chi connectivity index (χ0) is 17.7. The molecule has 0 radical (unpaired) electrons. The second-order valence-corrected chi connectivity index (χ2v) is 5.61. The Labute approximate surface area is 141 Å². The Morgan fingerprint density at radius 1 is 1.25 bits per heavy atom. The van der Waals surface area contributed by atoms with Crippen molar-refractivity contribution >= 4 is 23.4 Å². The Kier molecular flexibility index (Phi) is 5.84. The molecule has 1 heterocycles. The van der Waals surface area contributed by atoms with Crippen LogP contribution in [0.3, 0.4) is 0 Å². The average molecular weight is 361 g/mol. The highest BCUT2D eigenvalue weighted by Crippen LogP contribution is 2.30. The lowest BCUT2D eigenvalue weighted by Gasteiger charge is -2.15. The number of aliphatic hydroxyl groups excluding tert-OH is 1. The minimum atomic E-state index is -4.60. The fourth-order valence-electron chi connectivity index (χ4n) is 1.85. The third kappa shape index (κ3) is 5.24. The summed E-state index contributed by atoms with van der Waals surface area (Å²) in [7, 11) is 0. The predicted octanol–water partition coefficient (Wildman–Crippen LogP) is 3.55. The Balaban J connectivity index is 2.22. The molecule has 0 unspecified atom stereocenters. The number of rotatable bonds is 6. The fourth-order valence-corrected chi connectivity index (χ4v) is 2.07. The van der Waals surface area contributed by atoms with E-state index in [9.17, 15) is 13.2 Å². The van der Waals surface area contributed by atoms with Gasteiger partial charge in [0.2, 0.25) is 5.95 Å². The van der Waals surface area contributed by atoms with Crippen LogP contribution in [0.15, 0.2) is 30.3 Å². The van der Waals surface area contributed by atoms with Crippen molar-refractivity contribution in [2.24, 2.45) is 0 Å². The number of hydrogen-bond acceptors (Lipinski definition) is 5. The maximum atomic E-state index is 13.0. The number of aliphatic hydroxyl groups is 1. The van der Waals surface area contributed by atoms with Gasteiger partial charge in [0.1, 0.15) is 5.82 Å². The van der Waals surface area contributed by atoms with Crippen LogP contribution in [0.2, 0.25) is 5.02 Å². The Bertz CT molecular complexity index is 697. The van der Waals surface area contributed by atoms with Gasteiger partial charge < -0.3 is 15.7 Å². The van der Waals surface area contributed by atoms with Crippen molar-refractivity contribution in [1.29, 1.82) is 0 Å². The predicted molar refractivity (Wildman–Crippen MR) is 86.0 cm³/mol. The lowest BCUT2D eigenvalue weighted by atomic mass is 10.2. The van der Waals surface area contributed by atoms with Gasteiger partial charge in [-0.05, 0) is 24.6 Å². The Hall–Kier alpha value is -2.06. The first-order chi connectivity index (χ1) is 11.3. The fraction of sp³-hybridized carbons (Fsp3) is 0.333. The summed E-state index contributed by atoms with van der Waals surface area (Å²) >= 11 is 5.87. The van der Waals surface area contributed by atoms with E-state index in [4.69, 9.17) is 16.7 Å². The topological polar surface area (TPSA) is 70.1 Å². The van der Waals surface area contributed by atoms with Crippen LogP contribution < -0.4 is 10.6 Å². The van der Waals surface area contributed by atoms with Crippen molar-refractivity contribution in [3.8, 4) is 0 Å². The highest BCUT2D eigenvalue weighted by molar-refractivity contribution is 6.30. The van der Waals surface area contributed by atoms with Gasteiger partial charge in [-0.15, -0.1) is 0 Å². The van der Waals surface area contributed by atoms with Crippen molar-refractivity contribution in [1.82, 2.24) is 9.97 Å². The van der Waals surface area contributed by atoms with E-state index in [0.717, 1.165) is 11.6 Å². The van der Waals surface area contributed by atoms with E-state index >= 15 is 0 Å². The van der Waals surface area contributed by atoms with Crippen LogP contribution in [-0.2, 0) is 12.7 Å². The van der Waals surface area contributed by atoms with E-state index in [2.05, 4.69) is 20.6 Å².